The van der Waals surface area contributed by atoms with Gasteiger partial charge in [0.15, 0.2) is 0 Å². The van der Waals surface area contributed by atoms with Crippen LogP contribution in [0.5, 0.6) is 0 Å². The third-order valence-corrected chi connectivity index (χ3v) is 17.0. The van der Waals surface area contributed by atoms with Crippen LogP contribution < -0.4 is 0 Å². The van der Waals surface area contributed by atoms with Crippen LogP contribution in [0.2, 0.25) is 0 Å². The molecule has 0 amide bonds. The minimum atomic E-state index is 0.900. The number of thiazole rings is 1. The second-order valence-electron chi connectivity index (χ2n) is 20.2. The standard InChI is InChI=1S/C73H45N3OS/c1-3-14-54(15-4-1)75-65-23-10-7-18-59(65)63-44-52(38-42-67(63)75)46-26-30-48(31-27-46)56-40-41-58(50-32-28-47(29-33-50)53-39-43-68-64(45-53)60-19-8-11-24-66(60)76(68)55-16-5-2-6-17-55)72-70(56)74-73(78-72)51-36-34-49(35-37-51)57-21-13-22-62-61-20-9-12-25-69(61)77-71(57)62/h1-45H. The molecule has 4 heterocycles. The summed E-state index contributed by atoms with van der Waals surface area (Å²) >= 11 is 1.76. The molecule has 0 fully saturated rings. The average Bonchev–Trinajstić information content (AvgIpc) is 4.49. The Labute approximate surface area is 453 Å². The first-order valence-corrected chi connectivity index (χ1v) is 27.3. The highest BCUT2D eigenvalue weighted by Crippen LogP contribution is 2.44. The van der Waals surface area contributed by atoms with Gasteiger partial charge < -0.3 is 13.6 Å². The van der Waals surface area contributed by atoms with Gasteiger partial charge in [-0.3, -0.25) is 0 Å². The number of nitrogens with zero attached hydrogens (tertiary/aromatic N) is 3. The first-order chi connectivity index (χ1) is 38.7. The molecule has 12 aromatic carbocycles. The maximum Gasteiger partial charge on any atom is 0.143 e. The zero-order valence-electron chi connectivity index (χ0n) is 42.1. The molecule has 0 N–H and O–H groups in total. The Morgan fingerprint density at radius 2 is 0.731 bits per heavy atom. The van der Waals surface area contributed by atoms with Gasteiger partial charge in [-0.15, -0.1) is 11.3 Å². The van der Waals surface area contributed by atoms with Gasteiger partial charge in [0.2, 0.25) is 0 Å². The molecule has 16 rings (SSSR count). The summed E-state index contributed by atoms with van der Waals surface area (Å²) in [6.45, 7) is 0. The van der Waals surface area contributed by atoms with E-state index in [2.05, 4.69) is 270 Å². The van der Waals surface area contributed by atoms with Crippen LogP contribution in [-0.2, 0) is 0 Å². The minimum Gasteiger partial charge on any atom is -0.455 e. The molecule has 0 spiro atoms. The zero-order chi connectivity index (χ0) is 51.3. The SMILES string of the molecule is c1ccc(-n2c3ccccc3c3cc(-c4ccc(-c5ccc(-c6ccc(-c7ccc8c(c7)c7ccccc7n8-c7ccccc7)cc6)c6sc(-c7ccc(-c8cccc9c8oc8ccccc89)cc7)nc56)cc4)ccc32)cc1. The van der Waals surface area contributed by atoms with E-state index in [4.69, 9.17) is 9.40 Å². The van der Waals surface area contributed by atoms with Gasteiger partial charge >= 0.3 is 0 Å². The highest BCUT2D eigenvalue weighted by Gasteiger charge is 2.20. The Bertz CT molecular complexity index is 4750. The second-order valence-corrected chi connectivity index (χ2v) is 21.2. The lowest BCUT2D eigenvalue weighted by molar-refractivity contribution is 0.670. The lowest BCUT2D eigenvalue weighted by Gasteiger charge is -2.11. The van der Waals surface area contributed by atoms with Gasteiger partial charge in [-0.2, -0.15) is 0 Å². The monoisotopic (exact) mass is 1010 g/mol. The molecule has 16 aromatic rings. The van der Waals surface area contributed by atoms with E-state index in [-0.39, 0.29) is 0 Å². The fourth-order valence-corrected chi connectivity index (χ4v) is 13.2. The number of furan rings is 1. The van der Waals surface area contributed by atoms with Gasteiger partial charge in [0.25, 0.3) is 0 Å². The summed E-state index contributed by atoms with van der Waals surface area (Å²) in [7, 11) is 0. The molecule has 0 aliphatic rings. The molecule has 0 bridgehead atoms. The number of aromatic nitrogens is 3. The predicted octanol–water partition coefficient (Wildman–Crippen LogP) is 20.4. The molecule has 0 atom stereocenters. The topological polar surface area (TPSA) is 35.9 Å². The molecule has 0 radical (unpaired) electrons. The predicted molar refractivity (Wildman–Crippen MR) is 328 cm³/mol. The van der Waals surface area contributed by atoms with E-state index in [1.807, 2.05) is 12.1 Å². The maximum atomic E-state index is 6.45. The van der Waals surface area contributed by atoms with Crippen molar-refractivity contribution >= 4 is 87.1 Å². The Balaban J connectivity index is 0.782. The molecule has 4 nitrogen and oxygen atoms in total. The second kappa shape index (κ2) is 17.8. The third-order valence-electron chi connectivity index (χ3n) is 15.8. The molecule has 78 heavy (non-hydrogen) atoms. The molecular weight excluding hydrogens is 967 g/mol. The van der Waals surface area contributed by atoms with Gasteiger partial charge in [-0.05, 0) is 106 Å². The van der Waals surface area contributed by atoms with Crippen molar-refractivity contribution in [3.05, 3.63) is 273 Å². The van der Waals surface area contributed by atoms with Gasteiger partial charge in [0.1, 0.15) is 16.2 Å². The molecule has 0 saturated carbocycles. The Kier molecular flexibility index (Phi) is 10.1. The van der Waals surface area contributed by atoms with Gasteiger partial charge in [-0.25, -0.2) is 4.98 Å². The molecule has 5 heteroatoms. The molecular formula is C73H45N3OS. The van der Waals surface area contributed by atoms with E-state index in [0.717, 1.165) is 81.9 Å². The Morgan fingerprint density at radius 3 is 1.32 bits per heavy atom. The molecule has 0 unspecified atom stereocenters. The fraction of sp³-hybridized carbons (Fsp3) is 0. The minimum absolute atomic E-state index is 0.900. The lowest BCUT2D eigenvalue weighted by Crippen LogP contribution is -1.92. The van der Waals surface area contributed by atoms with Crippen LogP contribution in [0.25, 0.3) is 153 Å². The van der Waals surface area contributed by atoms with Crippen molar-refractivity contribution in [3.8, 4) is 77.6 Å². The summed E-state index contributed by atoms with van der Waals surface area (Å²) in [5.74, 6) is 0. The van der Waals surface area contributed by atoms with Crippen LogP contribution in [0.4, 0.5) is 0 Å². The van der Waals surface area contributed by atoms with E-state index in [1.165, 1.54) is 71.4 Å². The van der Waals surface area contributed by atoms with Crippen LogP contribution >= 0.6 is 11.3 Å². The molecule has 0 aliphatic heterocycles. The van der Waals surface area contributed by atoms with Gasteiger partial charge in [-0.1, -0.05) is 206 Å². The van der Waals surface area contributed by atoms with Crippen molar-refractivity contribution in [2.45, 2.75) is 0 Å². The van der Waals surface area contributed by atoms with Crippen molar-refractivity contribution in [2.75, 3.05) is 0 Å². The average molecular weight is 1010 g/mol. The van der Waals surface area contributed by atoms with E-state index in [1.54, 1.807) is 11.3 Å². The Hall–Kier alpha value is -10.1. The number of hydrogen-bond donors (Lipinski definition) is 0. The van der Waals surface area contributed by atoms with E-state index in [9.17, 15) is 0 Å². The quantitative estimate of drug-likeness (QED) is 0.152. The van der Waals surface area contributed by atoms with Crippen molar-refractivity contribution in [2.24, 2.45) is 0 Å². The van der Waals surface area contributed by atoms with Crippen LogP contribution in [-0.4, -0.2) is 14.1 Å². The van der Waals surface area contributed by atoms with Gasteiger partial charge in [0, 0.05) is 65.9 Å². The van der Waals surface area contributed by atoms with E-state index < -0.39 is 0 Å². The first kappa shape index (κ1) is 44.2. The number of para-hydroxylation sites is 6. The number of fused-ring (bicyclic) bond motifs is 10. The van der Waals surface area contributed by atoms with Crippen molar-refractivity contribution < 1.29 is 4.42 Å². The van der Waals surface area contributed by atoms with Crippen LogP contribution in [0, 0.1) is 0 Å². The summed E-state index contributed by atoms with van der Waals surface area (Å²) < 4.78 is 12.3. The Morgan fingerprint density at radius 1 is 0.295 bits per heavy atom. The number of rotatable bonds is 8. The molecule has 4 aromatic heterocycles. The normalized spacial score (nSPS) is 11.8. The van der Waals surface area contributed by atoms with Crippen LogP contribution in [0.1, 0.15) is 0 Å². The lowest BCUT2D eigenvalue weighted by atomic mass is 9.95. The first-order valence-electron chi connectivity index (χ1n) is 26.5. The molecule has 0 aliphatic carbocycles. The highest BCUT2D eigenvalue weighted by atomic mass is 32.1. The van der Waals surface area contributed by atoms with Crippen molar-refractivity contribution in [3.63, 3.8) is 0 Å². The summed E-state index contributed by atoms with van der Waals surface area (Å²) in [6, 6.07) is 98.7. The van der Waals surface area contributed by atoms with Crippen LogP contribution in [0.15, 0.2) is 277 Å². The smallest absolute Gasteiger partial charge is 0.143 e. The van der Waals surface area contributed by atoms with E-state index in [0.29, 0.717) is 0 Å². The molecule has 0 saturated heterocycles. The van der Waals surface area contributed by atoms with Crippen molar-refractivity contribution in [1.29, 1.82) is 0 Å². The maximum absolute atomic E-state index is 6.45. The fourth-order valence-electron chi connectivity index (χ4n) is 12.1. The zero-order valence-corrected chi connectivity index (χ0v) is 43.0. The summed E-state index contributed by atoms with van der Waals surface area (Å²) in [5, 5.41) is 8.21. The number of benzene rings is 12. The van der Waals surface area contributed by atoms with Crippen molar-refractivity contribution in [1.82, 2.24) is 14.1 Å². The van der Waals surface area contributed by atoms with E-state index >= 15 is 0 Å². The largest absolute Gasteiger partial charge is 0.455 e. The van der Waals surface area contributed by atoms with Gasteiger partial charge in [0.05, 0.1) is 32.3 Å². The van der Waals surface area contributed by atoms with Crippen LogP contribution in [0.3, 0.4) is 0 Å². The molecule has 364 valence electrons. The third kappa shape index (κ3) is 7.09. The highest BCUT2D eigenvalue weighted by molar-refractivity contribution is 7.22. The summed E-state index contributed by atoms with van der Waals surface area (Å²) in [6.07, 6.45) is 0. The summed E-state index contributed by atoms with van der Waals surface area (Å²) in [5.41, 5.74) is 22.5. The summed E-state index contributed by atoms with van der Waals surface area (Å²) in [4.78, 5) is 5.54. The number of hydrogen-bond acceptors (Lipinski definition) is 3.